The topological polar surface area (TPSA) is 32.3 Å². The number of anilines is 1. The summed E-state index contributed by atoms with van der Waals surface area (Å²) in [5.41, 5.74) is 2.08. The van der Waals surface area contributed by atoms with E-state index in [1.54, 1.807) is 11.3 Å². The number of hydrogen-bond acceptors (Lipinski definition) is 3. The van der Waals surface area contributed by atoms with Gasteiger partial charge < -0.3 is 5.32 Å². The monoisotopic (exact) mass is 324 g/mol. The van der Waals surface area contributed by atoms with Gasteiger partial charge in [0.1, 0.15) is 0 Å². The Morgan fingerprint density at radius 1 is 1.17 bits per heavy atom. The molecule has 1 N–H and O–H groups in total. The Kier molecular flexibility index (Phi) is 4.74. The lowest BCUT2D eigenvalue weighted by atomic mass is 10.1. The molecule has 4 heteroatoms. The summed E-state index contributed by atoms with van der Waals surface area (Å²) in [5.74, 6) is 0.0120. The van der Waals surface area contributed by atoms with E-state index in [0.717, 1.165) is 17.6 Å². The van der Waals surface area contributed by atoms with Crippen molar-refractivity contribution >= 4 is 33.7 Å². The molecule has 3 aromatic rings. The molecule has 118 valence electrons. The second-order valence-corrected chi connectivity index (χ2v) is 6.55. The van der Waals surface area contributed by atoms with Gasteiger partial charge in [-0.25, -0.2) is 0 Å². The summed E-state index contributed by atoms with van der Waals surface area (Å²) >= 11 is 1.68. The van der Waals surface area contributed by atoms with Gasteiger partial charge in [0.15, 0.2) is 0 Å². The van der Waals surface area contributed by atoms with E-state index < -0.39 is 0 Å². The summed E-state index contributed by atoms with van der Waals surface area (Å²) < 4.78 is 0. The van der Waals surface area contributed by atoms with Gasteiger partial charge in [0, 0.05) is 12.2 Å². The highest BCUT2D eigenvalue weighted by Crippen LogP contribution is 2.19. The van der Waals surface area contributed by atoms with Crippen LogP contribution < -0.4 is 5.32 Å². The number of hydrogen-bond donors (Lipinski definition) is 1. The zero-order chi connectivity index (χ0) is 16.2. The van der Waals surface area contributed by atoms with E-state index in [0.29, 0.717) is 0 Å². The number of thiophene rings is 1. The van der Waals surface area contributed by atoms with Crippen molar-refractivity contribution in [2.75, 3.05) is 12.4 Å². The normalized spacial score (nSPS) is 12.5. The van der Waals surface area contributed by atoms with Crippen LogP contribution >= 0.6 is 11.3 Å². The molecule has 0 radical (unpaired) electrons. The van der Waals surface area contributed by atoms with Gasteiger partial charge in [0.05, 0.1) is 6.04 Å². The molecule has 0 spiro atoms. The van der Waals surface area contributed by atoms with Gasteiger partial charge in [0.25, 0.3) is 0 Å². The molecule has 3 rings (SSSR count). The van der Waals surface area contributed by atoms with Gasteiger partial charge in [-0.05, 0) is 59.3 Å². The maximum Gasteiger partial charge on any atom is 0.241 e. The molecule has 1 aromatic heterocycles. The molecule has 0 saturated carbocycles. The Morgan fingerprint density at radius 3 is 2.70 bits per heavy atom. The van der Waals surface area contributed by atoms with Crippen molar-refractivity contribution in [1.29, 1.82) is 0 Å². The molecule has 0 bridgehead atoms. The first-order valence-electron chi connectivity index (χ1n) is 7.64. The van der Waals surface area contributed by atoms with Gasteiger partial charge >= 0.3 is 0 Å². The van der Waals surface area contributed by atoms with Crippen molar-refractivity contribution in [2.45, 2.75) is 19.5 Å². The number of likely N-dealkylation sites (N-methyl/N-ethyl adjacent to an activating group) is 1. The Labute approximate surface area is 140 Å². The van der Waals surface area contributed by atoms with E-state index in [1.165, 1.54) is 10.9 Å². The first-order chi connectivity index (χ1) is 11.1. The predicted octanol–water partition coefficient (Wildman–Crippen LogP) is 4.36. The minimum atomic E-state index is -0.193. The highest BCUT2D eigenvalue weighted by Gasteiger charge is 2.18. The first kappa shape index (κ1) is 15.7. The van der Waals surface area contributed by atoms with Crippen molar-refractivity contribution in [3.63, 3.8) is 0 Å². The molecule has 1 atom stereocenters. The van der Waals surface area contributed by atoms with E-state index in [2.05, 4.69) is 39.2 Å². The van der Waals surface area contributed by atoms with Crippen LogP contribution in [0.2, 0.25) is 0 Å². The van der Waals surface area contributed by atoms with Gasteiger partial charge in [-0.15, -0.1) is 0 Å². The molecule has 0 saturated heterocycles. The minimum absolute atomic E-state index is 0.0120. The number of amides is 1. The summed E-state index contributed by atoms with van der Waals surface area (Å²) in [6, 6.07) is 16.0. The van der Waals surface area contributed by atoms with Gasteiger partial charge in [0.2, 0.25) is 5.91 Å². The Balaban J connectivity index is 1.66. The number of nitrogens with one attached hydrogen (secondary N) is 1. The van der Waals surface area contributed by atoms with Crippen molar-refractivity contribution < 1.29 is 4.79 Å². The maximum atomic E-state index is 12.5. The fourth-order valence-electron chi connectivity index (χ4n) is 2.52. The molecule has 0 fully saturated rings. The Hall–Kier alpha value is -2.17. The van der Waals surface area contributed by atoms with Crippen LogP contribution in [-0.2, 0) is 11.3 Å². The largest absolute Gasteiger partial charge is 0.325 e. The quantitative estimate of drug-likeness (QED) is 0.756. The smallest absolute Gasteiger partial charge is 0.241 e. The summed E-state index contributed by atoms with van der Waals surface area (Å²) in [4.78, 5) is 14.5. The lowest BCUT2D eigenvalue weighted by molar-refractivity contribution is -0.120. The number of fused-ring (bicyclic) bond motifs is 1. The molecule has 23 heavy (non-hydrogen) atoms. The Morgan fingerprint density at radius 2 is 1.96 bits per heavy atom. The molecule has 0 aliphatic carbocycles. The van der Waals surface area contributed by atoms with Crippen molar-refractivity contribution in [2.24, 2.45) is 0 Å². The van der Waals surface area contributed by atoms with Crippen LogP contribution in [0.3, 0.4) is 0 Å². The second-order valence-electron chi connectivity index (χ2n) is 5.77. The zero-order valence-corrected chi connectivity index (χ0v) is 14.1. The Bertz CT molecular complexity index is 798. The van der Waals surface area contributed by atoms with E-state index in [9.17, 15) is 4.79 Å². The van der Waals surface area contributed by atoms with Crippen LogP contribution in [0.25, 0.3) is 10.8 Å². The molecule has 0 unspecified atom stereocenters. The van der Waals surface area contributed by atoms with E-state index >= 15 is 0 Å². The average Bonchev–Trinajstić information content (AvgIpc) is 3.07. The fraction of sp³-hybridized carbons (Fsp3) is 0.211. The van der Waals surface area contributed by atoms with Crippen LogP contribution in [0.1, 0.15) is 12.5 Å². The van der Waals surface area contributed by atoms with Crippen LogP contribution in [0.15, 0.2) is 59.3 Å². The lowest BCUT2D eigenvalue weighted by Gasteiger charge is -2.23. The number of rotatable bonds is 5. The number of benzene rings is 2. The van der Waals surface area contributed by atoms with E-state index in [4.69, 9.17) is 0 Å². The molecule has 0 aliphatic rings. The van der Waals surface area contributed by atoms with Crippen LogP contribution in [0.4, 0.5) is 5.69 Å². The lowest BCUT2D eigenvalue weighted by Crippen LogP contribution is -2.39. The summed E-state index contributed by atoms with van der Waals surface area (Å²) in [6.45, 7) is 2.71. The number of carbonyl (C=O) groups is 1. The third-order valence-electron chi connectivity index (χ3n) is 4.07. The molecule has 1 heterocycles. The number of carbonyl (C=O) groups excluding carboxylic acids is 1. The van der Waals surface area contributed by atoms with Gasteiger partial charge in [-0.1, -0.05) is 30.3 Å². The first-order valence-corrected chi connectivity index (χ1v) is 8.59. The SMILES string of the molecule is C[C@H](C(=O)Nc1ccc2ccccc2c1)N(C)Cc1ccsc1. The summed E-state index contributed by atoms with van der Waals surface area (Å²) in [6.07, 6.45) is 0. The molecular weight excluding hydrogens is 304 g/mol. The standard InChI is InChI=1S/C19H20N2OS/c1-14(21(2)12-15-9-10-23-13-15)19(22)20-18-8-7-16-5-3-4-6-17(16)11-18/h3-11,13-14H,12H2,1-2H3,(H,20,22)/t14-/m1/s1. The summed E-state index contributed by atoms with van der Waals surface area (Å²) in [5, 5.41) is 9.49. The number of nitrogens with zero attached hydrogens (tertiary/aromatic N) is 1. The fourth-order valence-corrected chi connectivity index (χ4v) is 3.18. The van der Waals surface area contributed by atoms with Crippen molar-refractivity contribution in [3.05, 3.63) is 64.9 Å². The van der Waals surface area contributed by atoms with E-state index in [1.807, 2.05) is 44.3 Å². The highest BCUT2D eigenvalue weighted by molar-refractivity contribution is 7.07. The van der Waals surface area contributed by atoms with Crippen molar-refractivity contribution in [3.8, 4) is 0 Å². The van der Waals surface area contributed by atoms with Gasteiger partial charge in [-0.3, -0.25) is 9.69 Å². The third-order valence-corrected chi connectivity index (χ3v) is 4.80. The van der Waals surface area contributed by atoms with Crippen LogP contribution in [0.5, 0.6) is 0 Å². The van der Waals surface area contributed by atoms with Crippen LogP contribution in [-0.4, -0.2) is 23.9 Å². The molecule has 2 aromatic carbocycles. The van der Waals surface area contributed by atoms with Crippen molar-refractivity contribution in [1.82, 2.24) is 4.90 Å². The summed E-state index contributed by atoms with van der Waals surface area (Å²) in [7, 11) is 1.97. The minimum Gasteiger partial charge on any atom is -0.325 e. The zero-order valence-electron chi connectivity index (χ0n) is 13.3. The molecule has 0 aliphatic heterocycles. The molecule has 3 nitrogen and oxygen atoms in total. The predicted molar refractivity (Wildman–Crippen MR) is 97.8 cm³/mol. The van der Waals surface area contributed by atoms with Crippen LogP contribution in [0, 0.1) is 0 Å². The van der Waals surface area contributed by atoms with Gasteiger partial charge in [-0.2, -0.15) is 11.3 Å². The maximum absolute atomic E-state index is 12.5. The third kappa shape index (κ3) is 3.78. The highest BCUT2D eigenvalue weighted by atomic mass is 32.1. The average molecular weight is 324 g/mol. The molecular formula is C19H20N2OS. The second kappa shape index (κ2) is 6.94. The molecule has 1 amide bonds. The van der Waals surface area contributed by atoms with E-state index in [-0.39, 0.29) is 11.9 Å².